The van der Waals surface area contributed by atoms with Crippen LogP contribution in [0.2, 0.25) is 0 Å². The van der Waals surface area contributed by atoms with E-state index < -0.39 is 36.2 Å². The van der Waals surface area contributed by atoms with E-state index in [0.29, 0.717) is 31.6 Å². The average molecular weight is 353 g/mol. The Hall–Kier alpha value is -1.31. The summed E-state index contributed by atoms with van der Waals surface area (Å²) in [5.74, 6) is -4.07. The van der Waals surface area contributed by atoms with Gasteiger partial charge in [0.25, 0.3) is 5.92 Å². The number of amides is 1. The molecule has 2 rings (SSSR count). The summed E-state index contributed by atoms with van der Waals surface area (Å²) >= 11 is 0. The number of ether oxygens (including phenoxy) is 1. The summed E-state index contributed by atoms with van der Waals surface area (Å²) in [5.41, 5.74) is 4.60. The number of carbonyl (C=O) groups excluding carboxylic acids is 1. The zero-order valence-corrected chi connectivity index (χ0v) is 13.3. The Morgan fingerprint density at radius 2 is 1.83 bits per heavy atom. The predicted molar refractivity (Wildman–Crippen MR) is 82.4 cm³/mol. The molecule has 130 valence electrons. The molecule has 1 aliphatic heterocycles. The monoisotopic (exact) mass is 352 g/mol. The maximum atomic E-state index is 13.2. The van der Waals surface area contributed by atoms with Crippen LogP contribution in [0.25, 0.3) is 0 Å². The molecule has 1 fully saturated rings. The average Bonchev–Trinajstić information content (AvgIpc) is 2.54. The van der Waals surface area contributed by atoms with Gasteiger partial charge >= 0.3 is 0 Å². The van der Waals surface area contributed by atoms with Crippen LogP contribution in [0.5, 0.6) is 0 Å². The number of nitrogens with two attached hydrogens (primary N) is 1. The SMILES string of the molecule is Cl.NCC(F)(F)CNC(=O)C1(c2ccc(F)cc2)CCOCC1. The first-order valence-electron chi connectivity index (χ1n) is 7.10. The van der Waals surface area contributed by atoms with Crippen LogP contribution in [0.4, 0.5) is 13.2 Å². The second kappa shape index (κ2) is 7.99. The van der Waals surface area contributed by atoms with Crippen LogP contribution < -0.4 is 11.1 Å². The maximum absolute atomic E-state index is 13.2. The Bertz CT molecular complexity index is 520. The van der Waals surface area contributed by atoms with Gasteiger partial charge < -0.3 is 15.8 Å². The van der Waals surface area contributed by atoms with Crippen molar-refractivity contribution in [2.75, 3.05) is 26.3 Å². The van der Waals surface area contributed by atoms with Crippen molar-refractivity contribution in [3.63, 3.8) is 0 Å². The molecule has 23 heavy (non-hydrogen) atoms. The standard InChI is InChI=1S/C15H19F3N2O2.ClH/c16-12-3-1-11(2-4-12)14(5-7-22-8-6-14)13(21)20-10-15(17,18)9-19;/h1-4H,5-10,19H2,(H,20,21);1H. The molecule has 0 bridgehead atoms. The third-order valence-electron chi connectivity index (χ3n) is 3.98. The third kappa shape index (κ3) is 4.59. The summed E-state index contributed by atoms with van der Waals surface area (Å²) in [6.45, 7) is -0.956. The maximum Gasteiger partial charge on any atom is 0.277 e. The molecule has 4 nitrogen and oxygen atoms in total. The van der Waals surface area contributed by atoms with Crippen molar-refractivity contribution in [3.05, 3.63) is 35.6 Å². The highest BCUT2D eigenvalue weighted by Crippen LogP contribution is 2.35. The fourth-order valence-electron chi connectivity index (χ4n) is 2.59. The fraction of sp³-hybridized carbons (Fsp3) is 0.533. The van der Waals surface area contributed by atoms with Crippen LogP contribution in [0.3, 0.4) is 0 Å². The summed E-state index contributed by atoms with van der Waals surface area (Å²) in [4.78, 5) is 12.5. The molecule has 8 heteroatoms. The number of benzene rings is 1. The molecule has 1 amide bonds. The molecule has 1 aliphatic rings. The van der Waals surface area contributed by atoms with E-state index in [2.05, 4.69) is 5.32 Å². The van der Waals surface area contributed by atoms with Gasteiger partial charge in [-0.1, -0.05) is 12.1 Å². The first-order valence-corrected chi connectivity index (χ1v) is 7.10. The van der Waals surface area contributed by atoms with E-state index in [9.17, 15) is 18.0 Å². The topological polar surface area (TPSA) is 64.3 Å². The lowest BCUT2D eigenvalue weighted by Crippen LogP contribution is -2.51. The summed E-state index contributed by atoms with van der Waals surface area (Å²) in [6.07, 6.45) is 0.720. The van der Waals surface area contributed by atoms with Gasteiger partial charge in [-0.25, -0.2) is 13.2 Å². The number of hydrogen-bond acceptors (Lipinski definition) is 3. The predicted octanol–water partition coefficient (Wildman–Crippen LogP) is 2.01. The quantitative estimate of drug-likeness (QED) is 0.852. The van der Waals surface area contributed by atoms with Gasteiger partial charge in [-0.05, 0) is 30.5 Å². The van der Waals surface area contributed by atoms with Crippen molar-refractivity contribution in [1.82, 2.24) is 5.32 Å². The van der Waals surface area contributed by atoms with E-state index in [1.54, 1.807) is 0 Å². The minimum atomic E-state index is -3.15. The highest BCUT2D eigenvalue weighted by atomic mass is 35.5. The van der Waals surface area contributed by atoms with E-state index in [1.807, 2.05) is 0 Å². The Balaban J connectivity index is 0.00000264. The third-order valence-corrected chi connectivity index (χ3v) is 3.98. The zero-order valence-electron chi connectivity index (χ0n) is 12.5. The molecule has 1 saturated heterocycles. The normalized spacial score (nSPS) is 17.2. The lowest BCUT2D eigenvalue weighted by atomic mass is 9.73. The van der Waals surface area contributed by atoms with E-state index in [0.717, 1.165) is 0 Å². The summed E-state index contributed by atoms with van der Waals surface area (Å²) in [6, 6.07) is 5.55. The van der Waals surface area contributed by atoms with Gasteiger partial charge in [-0.2, -0.15) is 0 Å². The Morgan fingerprint density at radius 1 is 1.26 bits per heavy atom. The minimum absolute atomic E-state index is 0. The highest BCUT2D eigenvalue weighted by molar-refractivity contribution is 5.88. The molecule has 0 unspecified atom stereocenters. The molecule has 0 radical (unpaired) electrons. The Labute approximate surface area is 139 Å². The smallest absolute Gasteiger partial charge is 0.277 e. The molecule has 1 aromatic rings. The van der Waals surface area contributed by atoms with E-state index >= 15 is 0 Å². The molecular weight excluding hydrogens is 333 g/mol. The lowest BCUT2D eigenvalue weighted by molar-refractivity contribution is -0.132. The van der Waals surface area contributed by atoms with Gasteiger partial charge in [-0.3, -0.25) is 4.79 Å². The fourth-order valence-corrected chi connectivity index (χ4v) is 2.59. The Morgan fingerprint density at radius 3 is 2.35 bits per heavy atom. The molecule has 0 aromatic heterocycles. The van der Waals surface area contributed by atoms with Crippen LogP contribution in [0.1, 0.15) is 18.4 Å². The minimum Gasteiger partial charge on any atom is -0.381 e. The van der Waals surface area contributed by atoms with Crippen molar-refractivity contribution in [3.8, 4) is 0 Å². The van der Waals surface area contributed by atoms with Crippen LogP contribution in [0.15, 0.2) is 24.3 Å². The van der Waals surface area contributed by atoms with Gasteiger partial charge in [0, 0.05) is 13.2 Å². The van der Waals surface area contributed by atoms with Crippen molar-refractivity contribution >= 4 is 18.3 Å². The number of rotatable bonds is 5. The van der Waals surface area contributed by atoms with Crippen LogP contribution >= 0.6 is 12.4 Å². The molecule has 0 aliphatic carbocycles. The Kier molecular flexibility index (Phi) is 6.85. The largest absolute Gasteiger partial charge is 0.381 e. The van der Waals surface area contributed by atoms with E-state index in [-0.39, 0.29) is 12.4 Å². The molecule has 3 N–H and O–H groups in total. The van der Waals surface area contributed by atoms with Crippen molar-refractivity contribution in [2.24, 2.45) is 5.73 Å². The second-order valence-corrected chi connectivity index (χ2v) is 5.44. The van der Waals surface area contributed by atoms with Crippen LogP contribution in [-0.2, 0) is 14.9 Å². The van der Waals surface area contributed by atoms with E-state index in [1.165, 1.54) is 24.3 Å². The molecule has 0 atom stereocenters. The van der Waals surface area contributed by atoms with Crippen molar-refractivity contribution in [2.45, 2.75) is 24.2 Å². The number of hydrogen-bond donors (Lipinski definition) is 2. The molecule has 1 aromatic carbocycles. The zero-order chi connectivity index (χ0) is 16.2. The second-order valence-electron chi connectivity index (χ2n) is 5.44. The number of alkyl halides is 2. The first kappa shape index (κ1) is 19.7. The number of carbonyl (C=O) groups is 1. The van der Waals surface area contributed by atoms with E-state index in [4.69, 9.17) is 10.5 Å². The number of nitrogens with one attached hydrogen (secondary N) is 1. The summed E-state index contributed by atoms with van der Waals surface area (Å²) < 4.78 is 44.8. The first-order chi connectivity index (χ1) is 10.4. The molecule has 0 spiro atoms. The molecule has 0 saturated carbocycles. The highest BCUT2D eigenvalue weighted by Gasteiger charge is 2.42. The van der Waals surface area contributed by atoms with Crippen molar-refractivity contribution < 1.29 is 22.7 Å². The van der Waals surface area contributed by atoms with Gasteiger partial charge in [0.1, 0.15) is 5.82 Å². The van der Waals surface area contributed by atoms with Crippen LogP contribution in [0, 0.1) is 5.82 Å². The molecule has 1 heterocycles. The number of halogens is 4. The van der Waals surface area contributed by atoms with Gasteiger partial charge in [0.2, 0.25) is 5.91 Å². The van der Waals surface area contributed by atoms with Crippen LogP contribution in [-0.4, -0.2) is 38.1 Å². The lowest BCUT2D eigenvalue weighted by Gasteiger charge is -2.36. The van der Waals surface area contributed by atoms with Gasteiger partial charge in [0.15, 0.2) is 0 Å². The summed E-state index contributed by atoms with van der Waals surface area (Å²) in [5, 5.41) is 2.28. The molecular formula is C15H20ClF3N2O2. The van der Waals surface area contributed by atoms with Gasteiger partial charge in [-0.15, -0.1) is 12.4 Å². The van der Waals surface area contributed by atoms with Gasteiger partial charge in [0.05, 0.1) is 18.5 Å². The van der Waals surface area contributed by atoms with Crippen molar-refractivity contribution in [1.29, 1.82) is 0 Å². The summed E-state index contributed by atoms with van der Waals surface area (Å²) in [7, 11) is 0.